The Kier molecular flexibility index (Phi) is 5.37. The Labute approximate surface area is 139 Å². The molecular formula is C19H29NO3. The molecule has 0 unspecified atom stereocenters. The van der Waals surface area contributed by atoms with E-state index in [1.165, 1.54) is 0 Å². The van der Waals surface area contributed by atoms with Crippen molar-refractivity contribution in [1.29, 1.82) is 0 Å². The van der Waals surface area contributed by atoms with E-state index in [-0.39, 0.29) is 11.6 Å². The zero-order valence-corrected chi connectivity index (χ0v) is 14.3. The van der Waals surface area contributed by atoms with Crippen molar-refractivity contribution in [3.05, 3.63) is 35.9 Å². The molecule has 3 rings (SSSR count). The van der Waals surface area contributed by atoms with E-state index in [4.69, 9.17) is 9.47 Å². The van der Waals surface area contributed by atoms with Gasteiger partial charge in [-0.25, -0.2) is 0 Å². The molecule has 0 aromatic heterocycles. The van der Waals surface area contributed by atoms with Crippen molar-refractivity contribution in [2.75, 3.05) is 26.3 Å². The lowest BCUT2D eigenvalue weighted by Gasteiger charge is -2.38. The monoisotopic (exact) mass is 319 g/mol. The van der Waals surface area contributed by atoms with E-state index in [0.29, 0.717) is 19.1 Å². The maximum absolute atomic E-state index is 10.5. The summed E-state index contributed by atoms with van der Waals surface area (Å²) in [7, 11) is 0. The molecule has 2 fully saturated rings. The van der Waals surface area contributed by atoms with Gasteiger partial charge >= 0.3 is 0 Å². The van der Waals surface area contributed by atoms with Crippen LogP contribution < -0.4 is 0 Å². The second kappa shape index (κ2) is 7.31. The van der Waals surface area contributed by atoms with Crippen LogP contribution in [0, 0.1) is 0 Å². The van der Waals surface area contributed by atoms with Gasteiger partial charge in [0.2, 0.25) is 0 Å². The lowest BCUT2D eigenvalue weighted by atomic mass is 10.00. The number of benzene rings is 1. The highest BCUT2D eigenvalue weighted by molar-refractivity contribution is 5.17. The van der Waals surface area contributed by atoms with Crippen LogP contribution in [0.1, 0.15) is 44.8 Å². The molecule has 0 amide bonds. The summed E-state index contributed by atoms with van der Waals surface area (Å²) in [5.74, 6) is 0. The van der Waals surface area contributed by atoms with E-state index in [1.807, 2.05) is 30.3 Å². The van der Waals surface area contributed by atoms with Gasteiger partial charge < -0.3 is 14.6 Å². The molecule has 2 aliphatic heterocycles. The van der Waals surface area contributed by atoms with Gasteiger partial charge in [0, 0.05) is 19.1 Å². The summed E-state index contributed by atoms with van der Waals surface area (Å²) in [6.07, 6.45) is 2.82. The Bertz CT molecular complexity index is 491. The fraction of sp³-hybridized carbons (Fsp3) is 0.684. The molecule has 0 bridgehead atoms. The summed E-state index contributed by atoms with van der Waals surface area (Å²) >= 11 is 0. The predicted molar refractivity (Wildman–Crippen MR) is 90.4 cm³/mol. The molecular weight excluding hydrogens is 290 g/mol. The Morgan fingerprint density at radius 3 is 2.78 bits per heavy atom. The minimum Gasteiger partial charge on any atom is -0.388 e. The Morgan fingerprint density at radius 2 is 2.09 bits per heavy atom. The van der Waals surface area contributed by atoms with Gasteiger partial charge in [-0.2, -0.15) is 0 Å². The number of aliphatic hydroxyl groups excluding tert-OH is 1. The molecule has 1 aromatic carbocycles. The van der Waals surface area contributed by atoms with Crippen molar-refractivity contribution < 1.29 is 14.6 Å². The molecule has 2 saturated heterocycles. The van der Waals surface area contributed by atoms with Crippen LogP contribution in [0.2, 0.25) is 0 Å². The average Bonchev–Trinajstić information content (AvgIpc) is 2.89. The first kappa shape index (κ1) is 16.9. The van der Waals surface area contributed by atoms with Crippen LogP contribution >= 0.6 is 0 Å². The van der Waals surface area contributed by atoms with Crippen LogP contribution in [-0.2, 0) is 9.47 Å². The van der Waals surface area contributed by atoms with Crippen molar-refractivity contribution in [2.24, 2.45) is 0 Å². The number of rotatable bonds is 5. The second-order valence-electron chi connectivity index (χ2n) is 7.42. The lowest BCUT2D eigenvalue weighted by Crippen LogP contribution is -2.49. The lowest BCUT2D eigenvalue weighted by molar-refractivity contribution is -0.0688. The van der Waals surface area contributed by atoms with E-state index in [9.17, 15) is 5.11 Å². The smallest absolute Gasteiger partial charge is 0.0805 e. The van der Waals surface area contributed by atoms with Gasteiger partial charge in [-0.15, -0.1) is 0 Å². The molecule has 2 heterocycles. The summed E-state index contributed by atoms with van der Waals surface area (Å²) in [5.41, 5.74) is 0.993. The van der Waals surface area contributed by atoms with E-state index < -0.39 is 6.10 Å². The highest BCUT2D eigenvalue weighted by Crippen LogP contribution is 2.31. The third-order valence-electron chi connectivity index (χ3n) is 5.02. The van der Waals surface area contributed by atoms with Crippen molar-refractivity contribution in [3.63, 3.8) is 0 Å². The highest BCUT2D eigenvalue weighted by Gasteiger charge is 2.35. The third-order valence-corrected chi connectivity index (χ3v) is 5.02. The number of nitrogens with zero attached hydrogens (tertiary/aromatic N) is 1. The topological polar surface area (TPSA) is 41.9 Å². The van der Waals surface area contributed by atoms with Crippen molar-refractivity contribution >= 4 is 0 Å². The third kappa shape index (κ3) is 4.54. The van der Waals surface area contributed by atoms with Gasteiger partial charge in [-0.05, 0) is 38.7 Å². The number of hydrogen-bond acceptors (Lipinski definition) is 4. The minimum absolute atomic E-state index is 0.00992. The normalized spacial score (nSPS) is 29.5. The van der Waals surface area contributed by atoms with Crippen molar-refractivity contribution in [3.8, 4) is 0 Å². The summed E-state index contributed by atoms with van der Waals surface area (Å²) in [6, 6.07) is 10.2. The standard InChI is InChI=1S/C19H29NO3/c1-19(2)9-8-17(23-19)13-20-10-11-22-14-16(20)12-18(21)15-6-4-3-5-7-15/h3-7,16-18,21H,8-14H2,1-2H3/t16-,17-,18-/m1/s1. The summed E-state index contributed by atoms with van der Waals surface area (Å²) in [4.78, 5) is 2.45. The Hall–Kier alpha value is -0.940. The largest absolute Gasteiger partial charge is 0.388 e. The van der Waals surface area contributed by atoms with E-state index in [1.54, 1.807) is 0 Å². The molecule has 1 aromatic rings. The first-order chi connectivity index (χ1) is 11.0. The number of morpholine rings is 1. The Morgan fingerprint density at radius 1 is 1.30 bits per heavy atom. The van der Waals surface area contributed by atoms with Crippen LogP contribution in [0.3, 0.4) is 0 Å². The fourth-order valence-electron chi connectivity index (χ4n) is 3.68. The maximum atomic E-state index is 10.5. The van der Waals surface area contributed by atoms with Gasteiger partial charge in [0.05, 0.1) is 31.0 Å². The predicted octanol–water partition coefficient (Wildman–Crippen LogP) is 2.77. The van der Waals surface area contributed by atoms with Gasteiger partial charge in [0.15, 0.2) is 0 Å². The minimum atomic E-state index is -0.439. The molecule has 0 aliphatic carbocycles. The van der Waals surface area contributed by atoms with Crippen LogP contribution in [0.15, 0.2) is 30.3 Å². The van der Waals surface area contributed by atoms with E-state index in [0.717, 1.165) is 38.1 Å². The zero-order valence-electron chi connectivity index (χ0n) is 14.3. The van der Waals surface area contributed by atoms with Crippen molar-refractivity contribution in [1.82, 2.24) is 4.90 Å². The fourth-order valence-corrected chi connectivity index (χ4v) is 3.68. The van der Waals surface area contributed by atoms with E-state index in [2.05, 4.69) is 18.7 Å². The SMILES string of the molecule is CC1(C)CC[C@H](CN2CCOC[C@H]2C[C@@H](O)c2ccccc2)O1. The Balaban J connectivity index is 1.58. The molecule has 4 nitrogen and oxygen atoms in total. The summed E-state index contributed by atoms with van der Waals surface area (Å²) in [5, 5.41) is 10.5. The highest BCUT2D eigenvalue weighted by atomic mass is 16.5. The quantitative estimate of drug-likeness (QED) is 0.906. The molecule has 2 aliphatic rings. The number of aliphatic hydroxyl groups is 1. The van der Waals surface area contributed by atoms with Crippen LogP contribution in [-0.4, -0.2) is 54.1 Å². The van der Waals surface area contributed by atoms with Crippen LogP contribution in [0.25, 0.3) is 0 Å². The maximum Gasteiger partial charge on any atom is 0.0805 e. The van der Waals surface area contributed by atoms with Gasteiger partial charge in [-0.3, -0.25) is 4.90 Å². The molecule has 0 saturated carbocycles. The molecule has 23 heavy (non-hydrogen) atoms. The zero-order chi connectivity index (χ0) is 16.3. The molecule has 0 radical (unpaired) electrons. The van der Waals surface area contributed by atoms with Crippen molar-refractivity contribution in [2.45, 2.75) is 57.0 Å². The first-order valence-electron chi connectivity index (χ1n) is 8.76. The molecule has 4 heteroatoms. The van der Waals surface area contributed by atoms with Gasteiger partial charge in [-0.1, -0.05) is 30.3 Å². The average molecular weight is 319 g/mol. The molecule has 0 spiro atoms. The summed E-state index contributed by atoms with van der Waals surface area (Å²) < 4.78 is 11.8. The van der Waals surface area contributed by atoms with Gasteiger partial charge in [0.1, 0.15) is 0 Å². The summed E-state index contributed by atoms with van der Waals surface area (Å²) in [6.45, 7) is 7.67. The van der Waals surface area contributed by atoms with E-state index >= 15 is 0 Å². The molecule has 128 valence electrons. The van der Waals surface area contributed by atoms with Gasteiger partial charge in [0.25, 0.3) is 0 Å². The molecule has 1 N–H and O–H groups in total. The van der Waals surface area contributed by atoms with Crippen LogP contribution in [0.4, 0.5) is 0 Å². The van der Waals surface area contributed by atoms with Crippen LogP contribution in [0.5, 0.6) is 0 Å². The second-order valence-corrected chi connectivity index (χ2v) is 7.42. The number of ether oxygens (including phenoxy) is 2. The first-order valence-corrected chi connectivity index (χ1v) is 8.76. The number of hydrogen-bond donors (Lipinski definition) is 1. The molecule has 3 atom stereocenters.